The molecule has 0 fully saturated rings. The molecule has 0 aliphatic heterocycles. The summed E-state index contributed by atoms with van der Waals surface area (Å²) in [6.45, 7) is 0.423. The number of hydrogen-bond donors (Lipinski definition) is 2. The lowest BCUT2D eigenvalue weighted by Gasteiger charge is -2.13. The third-order valence-corrected chi connectivity index (χ3v) is 4.29. The number of rotatable bonds is 10. The molecule has 0 aromatic heterocycles. The topological polar surface area (TPSA) is 84.9 Å². The Hall–Kier alpha value is -3.02. The molecule has 2 aromatic rings. The first-order valence-corrected chi connectivity index (χ1v) is 8.77. The van der Waals surface area contributed by atoms with Crippen LogP contribution in [0.3, 0.4) is 0 Å². The zero-order valence-electron chi connectivity index (χ0n) is 15.6. The van der Waals surface area contributed by atoms with E-state index in [1.807, 2.05) is 48.5 Å². The molecular weight excluding hydrogens is 346 g/mol. The first kappa shape index (κ1) is 20.3. The van der Waals surface area contributed by atoms with Gasteiger partial charge >= 0.3 is 5.97 Å². The van der Waals surface area contributed by atoms with Crippen molar-refractivity contribution in [3.05, 3.63) is 59.7 Å². The highest BCUT2D eigenvalue weighted by molar-refractivity contribution is 5.82. The zero-order valence-corrected chi connectivity index (χ0v) is 15.6. The van der Waals surface area contributed by atoms with Gasteiger partial charge in [-0.25, -0.2) is 0 Å². The van der Waals surface area contributed by atoms with E-state index >= 15 is 0 Å². The smallest absolute Gasteiger partial charge is 0.307 e. The quantitative estimate of drug-likeness (QED) is 0.671. The van der Waals surface area contributed by atoms with Crippen molar-refractivity contribution < 1.29 is 24.2 Å². The lowest BCUT2D eigenvalue weighted by molar-refractivity contribution is -0.144. The number of benzene rings is 2. The number of carboxylic acids is 1. The molecule has 6 heteroatoms. The normalized spacial score (nSPS) is 11.5. The van der Waals surface area contributed by atoms with Crippen molar-refractivity contribution in [1.29, 1.82) is 0 Å². The molecule has 144 valence electrons. The molecule has 2 aromatic carbocycles. The lowest BCUT2D eigenvalue weighted by Crippen LogP contribution is -2.30. The minimum Gasteiger partial charge on any atom is -0.493 e. The fourth-order valence-corrected chi connectivity index (χ4v) is 2.82. The second-order valence-electron chi connectivity index (χ2n) is 6.22. The molecule has 0 saturated carbocycles. The van der Waals surface area contributed by atoms with Gasteiger partial charge in [0.1, 0.15) is 0 Å². The SMILES string of the molecule is COc1ccc(CCNC(=O)CC(Cc2ccccc2)C(=O)O)cc1OC. The van der Waals surface area contributed by atoms with Crippen molar-refractivity contribution in [2.24, 2.45) is 5.92 Å². The summed E-state index contributed by atoms with van der Waals surface area (Å²) in [6.07, 6.45) is 0.901. The van der Waals surface area contributed by atoms with Crippen molar-refractivity contribution in [1.82, 2.24) is 5.32 Å². The fourth-order valence-electron chi connectivity index (χ4n) is 2.82. The van der Waals surface area contributed by atoms with Crippen molar-refractivity contribution >= 4 is 11.9 Å². The minimum atomic E-state index is -0.964. The molecule has 2 rings (SSSR count). The largest absolute Gasteiger partial charge is 0.493 e. The van der Waals surface area contributed by atoms with Gasteiger partial charge in [-0.3, -0.25) is 9.59 Å². The van der Waals surface area contributed by atoms with Gasteiger partial charge in [-0.2, -0.15) is 0 Å². The molecule has 0 spiro atoms. The molecule has 6 nitrogen and oxygen atoms in total. The minimum absolute atomic E-state index is 0.0455. The summed E-state index contributed by atoms with van der Waals surface area (Å²) in [6, 6.07) is 14.9. The van der Waals surface area contributed by atoms with Gasteiger partial charge in [-0.15, -0.1) is 0 Å². The number of carboxylic acid groups (broad SMARTS) is 1. The van der Waals surface area contributed by atoms with E-state index in [-0.39, 0.29) is 12.3 Å². The Balaban J connectivity index is 1.84. The zero-order chi connectivity index (χ0) is 19.6. The number of aliphatic carboxylic acids is 1. The summed E-state index contributed by atoms with van der Waals surface area (Å²) < 4.78 is 10.5. The van der Waals surface area contributed by atoms with E-state index in [2.05, 4.69) is 5.32 Å². The van der Waals surface area contributed by atoms with E-state index in [0.717, 1.165) is 11.1 Å². The summed E-state index contributed by atoms with van der Waals surface area (Å²) >= 11 is 0. The molecule has 1 atom stereocenters. The highest BCUT2D eigenvalue weighted by Crippen LogP contribution is 2.27. The Morgan fingerprint density at radius 2 is 1.70 bits per heavy atom. The van der Waals surface area contributed by atoms with Gasteiger partial charge in [0.15, 0.2) is 11.5 Å². The number of ether oxygens (including phenoxy) is 2. The van der Waals surface area contributed by atoms with Crippen LogP contribution in [0.5, 0.6) is 11.5 Å². The predicted octanol–water partition coefficient (Wildman–Crippen LogP) is 2.70. The molecule has 0 bridgehead atoms. The number of hydrogen-bond acceptors (Lipinski definition) is 4. The highest BCUT2D eigenvalue weighted by atomic mass is 16.5. The van der Waals surface area contributed by atoms with Gasteiger partial charge in [0.25, 0.3) is 0 Å². The van der Waals surface area contributed by atoms with Crippen molar-refractivity contribution in [2.45, 2.75) is 19.3 Å². The van der Waals surface area contributed by atoms with Crippen LogP contribution in [0.2, 0.25) is 0 Å². The second-order valence-corrected chi connectivity index (χ2v) is 6.22. The number of nitrogens with one attached hydrogen (secondary N) is 1. The Labute approximate surface area is 159 Å². The van der Waals surface area contributed by atoms with E-state index in [9.17, 15) is 14.7 Å². The van der Waals surface area contributed by atoms with Crippen LogP contribution >= 0.6 is 0 Å². The molecule has 2 N–H and O–H groups in total. The van der Waals surface area contributed by atoms with Gasteiger partial charge in [0.05, 0.1) is 20.1 Å². The summed E-state index contributed by atoms with van der Waals surface area (Å²) in [7, 11) is 3.15. The molecule has 0 radical (unpaired) electrons. The molecular formula is C21H25NO5. The maximum Gasteiger partial charge on any atom is 0.307 e. The summed E-state index contributed by atoms with van der Waals surface area (Å²) in [5, 5.41) is 12.2. The Kier molecular flexibility index (Phi) is 7.67. The molecule has 0 aliphatic carbocycles. The second kappa shape index (κ2) is 10.2. The average Bonchev–Trinajstić information content (AvgIpc) is 2.68. The van der Waals surface area contributed by atoms with Gasteiger partial charge < -0.3 is 19.9 Å². The number of methoxy groups -OCH3 is 2. The monoisotopic (exact) mass is 371 g/mol. The molecule has 27 heavy (non-hydrogen) atoms. The maximum atomic E-state index is 12.1. The fraction of sp³-hybridized carbons (Fsp3) is 0.333. The van der Waals surface area contributed by atoms with Crippen LogP contribution in [0.25, 0.3) is 0 Å². The van der Waals surface area contributed by atoms with Gasteiger partial charge in [-0.05, 0) is 36.1 Å². The molecule has 1 unspecified atom stereocenters. The van der Waals surface area contributed by atoms with E-state index in [1.165, 1.54) is 0 Å². The number of carbonyl (C=O) groups excluding carboxylic acids is 1. The molecule has 1 amide bonds. The third kappa shape index (κ3) is 6.33. The molecule has 0 heterocycles. The summed E-state index contributed by atoms with van der Waals surface area (Å²) in [5.41, 5.74) is 1.90. The Morgan fingerprint density at radius 1 is 1.00 bits per heavy atom. The van der Waals surface area contributed by atoms with Crippen LogP contribution < -0.4 is 14.8 Å². The van der Waals surface area contributed by atoms with E-state index in [0.29, 0.717) is 30.9 Å². The summed E-state index contributed by atoms with van der Waals surface area (Å²) in [5.74, 6) is -0.688. The van der Waals surface area contributed by atoms with Crippen molar-refractivity contribution in [3.8, 4) is 11.5 Å². The first-order valence-electron chi connectivity index (χ1n) is 8.77. The average molecular weight is 371 g/mol. The van der Waals surface area contributed by atoms with Crippen LogP contribution in [0.15, 0.2) is 48.5 Å². The number of amides is 1. The van der Waals surface area contributed by atoms with E-state index < -0.39 is 11.9 Å². The molecule has 0 saturated heterocycles. The predicted molar refractivity (Wildman–Crippen MR) is 102 cm³/mol. The van der Waals surface area contributed by atoms with Gasteiger partial charge in [-0.1, -0.05) is 36.4 Å². The Bertz CT molecular complexity index is 760. The van der Waals surface area contributed by atoms with Crippen LogP contribution in [-0.2, 0) is 22.4 Å². The van der Waals surface area contributed by atoms with Crippen LogP contribution in [0.1, 0.15) is 17.5 Å². The third-order valence-electron chi connectivity index (χ3n) is 4.29. The summed E-state index contributed by atoms with van der Waals surface area (Å²) in [4.78, 5) is 23.6. The van der Waals surface area contributed by atoms with Gasteiger partial charge in [0.2, 0.25) is 5.91 Å². The number of carbonyl (C=O) groups is 2. The highest BCUT2D eigenvalue weighted by Gasteiger charge is 2.21. The van der Waals surface area contributed by atoms with Crippen molar-refractivity contribution in [3.63, 3.8) is 0 Å². The van der Waals surface area contributed by atoms with Crippen molar-refractivity contribution in [2.75, 3.05) is 20.8 Å². The Morgan fingerprint density at radius 3 is 2.33 bits per heavy atom. The molecule has 0 aliphatic rings. The van der Waals surface area contributed by atoms with Gasteiger partial charge in [0, 0.05) is 13.0 Å². The first-order chi connectivity index (χ1) is 13.0. The maximum absolute atomic E-state index is 12.1. The van der Waals surface area contributed by atoms with E-state index in [1.54, 1.807) is 14.2 Å². The van der Waals surface area contributed by atoms with Crippen LogP contribution in [0, 0.1) is 5.92 Å². The standard InChI is InChI=1S/C21H25NO5/c1-26-18-9-8-16(13-19(18)27-2)10-11-22-20(23)14-17(21(24)25)12-15-6-4-3-5-7-15/h3-9,13,17H,10-12,14H2,1-2H3,(H,22,23)(H,24,25). The van der Waals surface area contributed by atoms with E-state index in [4.69, 9.17) is 9.47 Å². The van der Waals surface area contributed by atoms with Crippen LogP contribution in [0.4, 0.5) is 0 Å². The lowest BCUT2D eigenvalue weighted by atomic mass is 9.96. The van der Waals surface area contributed by atoms with Crippen LogP contribution in [-0.4, -0.2) is 37.7 Å².